The van der Waals surface area contributed by atoms with Gasteiger partial charge in [0.05, 0.1) is 32.3 Å². The lowest BCUT2D eigenvalue weighted by molar-refractivity contribution is 0.159. The smallest absolute Gasteiger partial charge is 0.175 e. The van der Waals surface area contributed by atoms with Crippen molar-refractivity contribution in [2.75, 3.05) is 21.3 Å². The molecule has 0 spiro atoms. The molecule has 0 aliphatic heterocycles. The van der Waals surface area contributed by atoms with E-state index in [1.54, 1.807) is 27.4 Å². The third kappa shape index (κ3) is 2.40. The Hall–Kier alpha value is -0.980. The van der Waals surface area contributed by atoms with Crippen LogP contribution in [0.1, 0.15) is 5.56 Å². The lowest BCUT2D eigenvalue weighted by Crippen LogP contribution is -2.09. The average Bonchev–Trinajstić information content (AvgIpc) is 2.31. The Balaban J connectivity index is 3.36. The molecule has 0 bridgehead atoms. The highest BCUT2D eigenvalue weighted by molar-refractivity contribution is 9.10. The number of methoxy groups -OCH3 is 3. The minimum atomic E-state index is 0.240. The first kappa shape index (κ1) is 13.1. The van der Waals surface area contributed by atoms with Gasteiger partial charge in [-0.25, -0.2) is 5.48 Å². The van der Waals surface area contributed by atoms with E-state index in [1.807, 2.05) is 0 Å². The standard InChI is InChI=1S/C10H14BrNO4/c1-14-7-4-8(15-2)10(16-3)9(11)6(7)5-12-13/h4,12-13H,5H2,1-3H3. The number of halogens is 1. The number of nitrogens with one attached hydrogen (secondary N) is 1. The van der Waals surface area contributed by atoms with E-state index in [4.69, 9.17) is 19.4 Å². The zero-order chi connectivity index (χ0) is 12.1. The van der Waals surface area contributed by atoms with E-state index >= 15 is 0 Å². The first-order valence-electron chi connectivity index (χ1n) is 4.53. The molecule has 2 N–H and O–H groups in total. The summed E-state index contributed by atoms with van der Waals surface area (Å²) in [6.45, 7) is 0.240. The first-order chi connectivity index (χ1) is 7.69. The van der Waals surface area contributed by atoms with Gasteiger partial charge in [-0.1, -0.05) is 0 Å². The fourth-order valence-electron chi connectivity index (χ4n) is 1.39. The second-order valence-corrected chi connectivity index (χ2v) is 3.73. The van der Waals surface area contributed by atoms with Crippen molar-refractivity contribution in [2.24, 2.45) is 0 Å². The highest BCUT2D eigenvalue weighted by atomic mass is 79.9. The largest absolute Gasteiger partial charge is 0.496 e. The molecule has 0 fully saturated rings. The second-order valence-electron chi connectivity index (χ2n) is 2.94. The van der Waals surface area contributed by atoms with Gasteiger partial charge in [-0.15, -0.1) is 0 Å². The SMILES string of the molecule is COc1cc(OC)c(OC)c(Br)c1CNO. The summed E-state index contributed by atoms with van der Waals surface area (Å²) in [5.74, 6) is 1.73. The van der Waals surface area contributed by atoms with Gasteiger partial charge in [-0.2, -0.15) is 0 Å². The number of hydrogen-bond acceptors (Lipinski definition) is 5. The topological polar surface area (TPSA) is 60.0 Å². The van der Waals surface area contributed by atoms with Gasteiger partial charge in [0.2, 0.25) is 0 Å². The molecule has 0 heterocycles. The molecule has 5 nitrogen and oxygen atoms in total. The Morgan fingerprint density at radius 1 is 1.19 bits per heavy atom. The zero-order valence-corrected chi connectivity index (χ0v) is 10.9. The van der Waals surface area contributed by atoms with E-state index < -0.39 is 0 Å². The highest BCUT2D eigenvalue weighted by Gasteiger charge is 2.17. The van der Waals surface area contributed by atoms with Crippen LogP contribution < -0.4 is 19.7 Å². The van der Waals surface area contributed by atoms with Gasteiger partial charge >= 0.3 is 0 Å². The van der Waals surface area contributed by atoms with Crippen LogP contribution in [-0.2, 0) is 6.54 Å². The predicted molar refractivity (Wildman–Crippen MR) is 62.4 cm³/mol. The van der Waals surface area contributed by atoms with Gasteiger partial charge in [-0.05, 0) is 15.9 Å². The van der Waals surface area contributed by atoms with E-state index in [9.17, 15) is 0 Å². The molecule has 1 aromatic rings. The van der Waals surface area contributed by atoms with Crippen molar-refractivity contribution in [1.29, 1.82) is 0 Å². The molecule has 0 aromatic heterocycles. The van der Waals surface area contributed by atoms with Crippen molar-refractivity contribution >= 4 is 15.9 Å². The lowest BCUT2D eigenvalue weighted by Gasteiger charge is -2.16. The molecule has 0 amide bonds. The van der Waals surface area contributed by atoms with Crippen LogP contribution in [0.3, 0.4) is 0 Å². The van der Waals surface area contributed by atoms with Gasteiger partial charge in [-0.3, -0.25) is 0 Å². The molecule has 0 aliphatic rings. The Bertz CT molecular complexity index is 370. The quantitative estimate of drug-likeness (QED) is 0.812. The van der Waals surface area contributed by atoms with Crippen LogP contribution >= 0.6 is 15.9 Å². The zero-order valence-electron chi connectivity index (χ0n) is 9.33. The minimum Gasteiger partial charge on any atom is -0.496 e. The molecular formula is C10H14BrNO4. The van der Waals surface area contributed by atoms with Crippen LogP contribution in [0, 0.1) is 0 Å². The Labute approximate surface area is 102 Å². The number of ether oxygens (including phenoxy) is 3. The van der Waals surface area contributed by atoms with Crippen molar-refractivity contribution in [2.45, 2.75) is 6.54 Å². The third-order valence-electron chi connectivity index (χ3n) is 2.15. The summed E-state index contributed by atoms with van der Waals surface area (Å²) in [6.07, 6.45) is 0. The van der Waals surface area contributed by atoms with E-state index in [0.29, 0.717) is 21.7 Å². The van der Waals surface area contributed by atoms with Gasteiger partial charge in [0.25, 0.3) is 0 Å². The van der Waals surface area contributed by atoms with E-state index in [-0.39, 0.29) is 6.54 Å². The van der Waals surface area contributed by atoms with Crippen molar-refractivity contribution in [3.63, 3.8) is 0 Å². The summed E-state index contributed by atoms with van der Waals surface area (Å²) in [6, 6.07) is 1.70. The van der Waals surface area contributed by atoms with Gasteiger partial charge < -0.3 is 19.4 Å². The maximum Gasteiger partial charge on any atom is 0.175 e. The summed E-state index contributed by atoms with van der Waals surface area (Å²) < 4.78 is 16.3. The Kier molecular flexibility index (Phi) is 4.85. The van der Waals surface area contributed by atoms with Crippen LogP contribution in [-0.4, -0.2) is 26.5 Å². The number of rotatable bonds is 5. The number of hydrogen-bond donors (Lipinski definition) is 2. The fourth-order valence-corrected chi connectivity index (χ4v) is 2.09. The van der Waals surface area contributed by atoms with Crippen LogP contribution in [0.2, 0.25) is 0 Å². The third-order valence-corrected chi connectivity index (χ3v) is 2.99. The Morgan fingerprint density at radius 2 is 1.81 bits per heavy atom. The molecule has 0 saturated heterocycles. The molecule has 0 radical (unpaired) electrons. The summed E-state index contributed by atoms with van der Waals surface area (Å²) in [4.78, 5) is 0. The maximum atomic E-state index is 8.76. The van der Waals surface area contributed by atoms with E-state index in [1.165, 1.54) is 0 Å². The number of benzene rings is 1. The second kappa shape index (κ2) is 5.93. The number of hydroxylamine groups is 1. The molecule has 90 valence electrons. The molecule has 0 aliphatic carbocycles. The molecular weight excluding hydrogens is 278 g/mol. The first-order valence-corrected chi connectivity index (χ1v) is 5.33. The molecule has 1 aromatic carbocycles. The lowest BCUT2D eigenvalue weighted by atomic mass is 10.1. The van der Waals surface area contributed by atoms with Gasteiger partial charge in [0.15, 0.2) is 11.5 Å². The normalized spacial score (nSPS) is 10.1. The molecule has 16 heavy (non-hydrogen) atoms. The van der Waals surface area contributed by atoms with Crippen molar-refractivity contribution in [1.82, 2.24) is 5.48 Å². The van der Waals surface area contributed by atoms with Crippen LogP contribution in [0.4, 0.5) is 0 Å². The van der Waals surface area contributed by atoms with Crippen molar-refractivity contribution in [3.05, 3.63) is 16.1 Å². The maximum absolute atomic E-state index is 8.76. The summed E-state index contributed by atoms with van der Waals surface area (Å²) in [7, 11) is 4.65. The van der Waals surface area contributed by atoms with Gasteiger partial charge in [0, 0.05) is 11.6 Å². The average molecular weight is 292 g/mol. The molecule has 6 heteroatoms. The van der Waals surface area contributed by atoms with E-state index in [2.05, 4.69) is 21.4 Å². The van der Waals surface area contributed by atoms with Crippen LogP contribution in [0.25, 0.3) is 0 Å². The highest BCUT2D eigenvalue weighted by Crippen LogP contribution is 2.42. The van der Waals surface area contributed by atoms with E-state index in [0.717, 1.165) is 5.56 Å². The summed E-state index contributed by atoms with van der Waals surface area (Å²) in [5.41, 5.74) is 2.83. The molecule has 0 saturated carbocycles. The monoisotopic (exact) mass is 291 g/mol. The van der Waals surface area contributed by atoms with Crippen LogP contribution in [0.15, 0.2) is 10.5 Å². The predicted octanol–water partition coefficient (Wildman–Crippen LogP) is 1.95. The minimum absolute atomic E-state index is 0.240. The fraction of sp³-hybridized carbons (Fsp3) is 0.400. The summed E-state index contributed by atoms with van der Waals surface area (Å²) >= 11 is 3.39. The molecule has 0 unspecified atom stereocenters. The van der Waals surface area contributed by atoms with Crippen molar-refractivity contribution < 1.29 is 19.4 Å². The Morgan fingerprint density at radius 3 is 2.25 bits per heavy atom. The van der Waals surface area contributed by atoms with Crippen molar-refractivity contribution in [3.8, 4) is 17.2 Å². The van der Waals surface area contributed by atoms with Gasteiger partial charge in [0.1, 0.15) is 5.75 Å². The summed E-state index contributed by atoms with van der Waals surface area (Å²) in [5, 5.41) is 8.76. The molecule has 0 atom stereocenters. The molecule has 1 rings (SSSR count). The van der Waals surface area contributed by atoms with Crippen LogP contribution in [0.5, 0.6) is 17.2 Å².